The van der Waals surface area contributed by atoms with Crippen LogP contribution in [0.1, 0.15) is 11.1 Å². The third-order valence-electron chi connectivity index (χ3n) is 4.13. The number of aliphatic carboxylic acids is 1. The van der Waals surface area contributed by atoms with Crippen LogP contribution >= 0.6 is 0 Å². The monoisotopic (exact) mass is 324 g/mol. The number of benzene rings is 2. The van der Waals surface area contributed by atoms with Crippen LogP contribution in [-0.4, -0.2) is 29.2 Å². The summed E-state index contributed by atoms with van der Waals surface area (Å²) in [6.45, 7) is 0.434. The first-order chi connectivity index (χ1) is 11.7. The van der Waals surface area contributed by atoms with Crippen molar-refractivity contribution >= 4 is 16.9 Å². The van der Waals surface area contributed by atoms with E-state index in [-0.39, 0.29) is 0 Å². The maximum Gasteiger partial charge on any atom is 0.321 e. The fourth-order valence-electron chi connectivity index (χ4n) is 2.85. The molecule has 0 saturated carbocycles. The Morgan fingerprint density at radius 1 is 1.17 bits per heavy atom. The van der Waals surface area contributed by atoms with Gasteiger partial charge in [-0.3, -0.25) is 10.1 Å². The van der Waals surface area contributed by atoms with Crippen LogP contribution in [0.25, 0.3) is 10.9 Å². The average molecular weight is 324 g/mol. The van der Waals surface area contributed by atoms with E-state index in [1.807, 2.05) is 54.7 Å². The maximum atomic E-state index is 11.6. The number of ether oxygens (including phenoxy) is 1. The third kappa shape index (κ3) is 3.41. The van der Waals surface area contributed by atoms with Gasteiger partial charge in [-0.15, -0.1) is 0 Å². The minimum Gasteiger partial charge on any atom is -0.496 e. The number of H-pyrrole nitrogens is 1. The molecule has 0 radical (unpaired) electrons. The predicted molar refractivity (Wildman–Crippen MR) is 93.3 cm³/mol. The molecule has 5 nitrogen and oxygen atoms in total. The van der Waals surface area contributed by atoms with E-state index in [1.54, 1.807) is 7.11 Å². The highest BCUT2D eigenvalue weighted by molar-refractivity contribution is 5.84. The molecule has 24 heavy (non-hydrogen) atoms. The number of aromatic amines is 1. The van der Waals surface area contributed by atoms with Gasteiger partial charge < -0.3 is 14.8 Å². The number of hydrogen-bond donors (Lipinski definition) is 3. The fraction of sp³-hybridized carbons (Fsp3) is 0.211. The summed E-state index contributed by atoms with van der Waals surface area (Å²) in [5.41, 5.74) is 2.94. The Bertz CT molecular complexity index is 841. The van der Waals surface area contributed by atoms with E-state index >= 15 is 0 Å². The molecule has 124 valence electrons. The van der Waals surface area contributed by atoms with Crippen LogP contribution in [0.2, 0.25) is 0 Å². The van der Waals surface area contributed by atoms with Crippen molar-refractivity contribution in [2.75, 3.05) is 7.11 Å². The molecule has 0 amide bonds. The molecule has 3 aromatic rings. The first-order valence-electron chi connectivity index (χ1n) is 7.82. The molecule has 1 unspecified atom stereocenters. The van der Waals surface area contributed by atoms with Gasteiger partial charge in [0.2, 0.25) is 0 Å². The summed E-state index contributed by atoms with van der Waals surface area (Å²) in [5, 5.41) is 13.7. The molecule has 0 spiro atoms. The molecule has 0 aliphatic rings. The number of hydrogen-bond acceptors (Lipinski definition) is 3. The summed E-state index contributed by atoms with van der Waals surface area (Å²) in [6.07, 6.45) is 2.29. The second kappa shape index (κ2) is 7.19. The molecule has 0 saturated heterocycles. The Kier molecular flexibility index (Phi) is 4.82. The lowest BCUT2D eigenvalue weighted by molar-refractivity contribution is -0.139. The lowest BCUT2D eigenvalue weighted by atomic mass is 10.0. The molecular formula is C19H20N2O3. The van der Waals surface area contributed by atoms with Crippen LogP contribution < -0.4 is 10.1 Å². The average Bonchev–Trinajstić information content (AvgIpc) is 3.01. The summed E-state index contributed by atoms with van der Waals surface area (Å²) >= 11 is 0. The summed E-state index contributed by atoms with van der Waals surface area (Å²) < 4.78 is 5.31. The Hall–Kier alpha value is -2.79. The van der Waals surface area contributed by atoms with E-state index in [0.717, 1.165) is 27.8 Å². The second-order valence-electron chi connectivity index (χ2n) is 5.65. The van der Waals surface area contributed by atoms with Crippen LogP contribution in [0.15, 0.2) is 54.7 Å². The molecule has 1 atom stereocenters. The molecule has 0 aliphatic heterocycles. The number of fused-ring (bicyclic) bond motifs is 1. The van der Waals surface area contributed by atoms with Crippen LogP contribution in [0.4, 0.5) is 0 Å². The number of nitrogens with one attached hydrogen (secondary N) is 2. The van der Waals surface area contributed by atoms with Crippen molar-refractivity contribution in [1.29, 1.82) is 0 Å². The summed E-state index contributed by atoms with van der Waals surface area (Å²) in [4.78, 5) is 14.8. The largest absolute Gasteiger partial charge is 0.496 e. The van der Waals surface area contributed by atoms with Crippen molar-refractivity contribution in [3.8, 4) is 5.75 Å². The number of carboxylic acid groups (broad SMARTS) is 1. The van der Waals surface area contributed by atoms with Gasteiger partial charge in [0.25, 0.3) is 0 Å². The molecule has 0 fully saturated rings. The minimum absolute atomic E-state index is 0.411. The van der Waals surface area contributed by atoms with Gasteiger partial charge in [0.05, 0.1) is 7.11 Å². The quantitative estimate of drug-likeness (QED) is 0.625. The lowest BCUT2D eigenvalue weighted by Crippen LogP contribution is -2.38. The number of methoxy groups -OCH3 is 1. The Balaban J connectivity index is 1.74. The topological polar surface area (TPSA) is 74.3 Å². The van der Waals surface area contributed by atoms with Gasteiger partial charge in [0, 0.05) is 35.6 Å². The van der Waals surface area contributed by atoms with Gasteiger partial charge in [-0.1, -0.05) is 36.4 Å². The lowest BCUT2D eigenvalue weighted by Gasteiger charge is -2.15. The molecule has 3 N–H and O–H groups in total. The van der Waals surface area contributed by atoms with Gasteiger partial charge >= 0.3 is 5.97 Å². The highest BCUT2D eigenvalue weighted by Gasteiger charge is 2.19. The van der Waals surface area contributed by atoms with E-state index in [9.17, 15) is 9.90 Å². The molecule has 5 heteroatoms. The molecule has 3 rings (SSSR count). The van der Waals surface area contributed by atoms with Gasteiger partial charge in [0.1, 0.15) is 11.8 Å². The van der Waals surface area contributed by atoms with Gasteiger partial charge in [0.15, 0.2) is 0 Å². The zero-order chi connectivity index (χ0) is 16.9. The number of rotatable bonds is 7. The highest BCUT2D eigenvalue weighted by Crippen LogP contribution is 2.20. The third-order valence-corrected chi connectivity index (χ3v) is 4.13. The van der Waals surface area contributed by atoms with Crippen molar-refractivity contribution in [1.82, 2.24) is 10.3 Å². The minimum atomic E-state index is -0.866. The van der Waals surface area contributed by atoms with Gasteiger partial charge in [-0.2, -0.15) is 0 Å². The second-order valence-corrected chi connectivity index (χ2v) is 5.65. The predicted octanol–water partition coefficient (Wildman–Crippen LogP) is 2.96. The van der Waals surface area contributed by atoms with E-state index in [0.29, 0.717) is 13.0 Å². The normalized spacial score (nSPS) is 12.2. The van der Waals surface area contributed by atoms with Crippen molar-refractivity contribution in [2.24, 2.45) is 0 Å². The summed E-state index contributed by atoms with van der Waals surface area (Å²) in [6, 6.07) is 14.8. The smallest absolute Gasteiger partial charge is 0.321 e. The maximum absolute atomic E-state index is 11.6. The fourth-order valence-corrected chi connectivity index (χ4v) is 2.85. The summed E-state index contributed by atoms with van der Waals surface area (Å²) in [5.74, 6) is -0.114. The summed E-state index contributed by atoms with van der Waals surface area (Å²) in [7, 11) is 1.61. The molecule has 1 aromatic heterocycles. The van der Waals surface area contributed by atoms with E-state index < -0.39 is 12.0 Å². The molecule has 0 bridgehead atoms. The van der Waals surface area contributed by atoms with E-state index in [1.165, 1.54) is 0 Å². The van der Waals surface area contributed by atoms with Crippen LogP contribution in [0, 0.1) is 0 Å². The Morgan fingerprint density at radius 3 is 2.71 bits per heavy atom. The highest BCUT2D eigenvalue weighted by atomic mass is 16.5. The molecule has 1 heterocycles. The van der Waals surface area contributed by atoms with Gasteiger partial charge in [-0.05, 0) is 17.7 Å². The SMILES string of the molecule is COc1ccccc1CNC(Cc1c[nH]c2ccccc12)C(=O)O. The van der Waals surface area contributed by atoms with Crippen molar-refractivity contribution in [3.05, 3.63) is 65.9 Å². The van der Waals surface area contributed by atoms with Crippen LogP contribution in [0.3, 0.4) is 0 Å². The molecule has 2 aromatic carbocycles. The Morgan fingerprint density at radius 2 is 1.92 bits per heavy atom. The zero-order valence-electron chi connectivity index (χ0n) is 13.5. The number of para-hydroxylation sites is 2. The first-order valence-corrected chi connectivity index (χ1v) is 7.82. The van der Waals surface area contributed by atoms with Gasteiger partial charge in [-0.25, -0.2) is 0 Å². The van der Waals surface area contributed by atoms with Crippen LogP contribution in [0.5, 0.6) is 5.75 Å². The number of aromatic nitrogens is 1. The van der Waals surface area contributed by atoms with Crippen molar-refractivity contribution < 1.29 is 14.6 Å². The van der Waals surface area contributed by atoms with Crippen molar-refractivity contribution in [2.45, 2.75) is 19.0 Å². The first kappa shape index (κ1) is 16.1. The van der Waals surface area contributed by atoms with Crippen LogP contribution in [-0.2, 0) is 17.8 Å². The number of carbonyl (C=O) groups is 1. The molecule has 0 aliphatic carbocycles. The standard InChI is InChI=1S/C19H20N2O3/c1-24-18-9-5-2-6-13(18)11-21-17(19(22)23)10-14-12-20-16-8-4-3-7-15(14)16/h2-9,12,17,20-21H,10-11H2,1H3,(H,22,23). The zero-order valence-corrected chi connectivity index (χ0v) is 13.5. The Labute approximate surface area is 140 Å². The number of carboxylic acids is 1. The van der Waals surface area contributed by atoms with Crippen molar-refractivity contribution in [3.63, 3.8) is 0 Å². The molecular weight excluding hydrogens is 304 g/mol. The van der Waals surface area contributed by atoms with E-state index in [4.69, 9.17) is 4.74 Å². The van der Waals surface area contributed by atoms with E-state index in [2.05, 4.69) is 10.3 Å².